The molecule has 1 atom stereocenters. The first-order chi connectivity index (χ1) is 6.83. The lowest BCUT2D eigenvalue weighted by molar-refractivity contribution is -0.147. The van der Waals surface area contributed by atoms with Gasteiger partial charge in [0.1, 0.15) is 0 Å². The van der Waals surface area contributed by atoms with Crippen molar-refractivity contribution in [2.24, 2.45) is 11.1 Å². The molecule has 84 valence electrons. The molecule has 1 unspecified atom stereocenters. The molecular weight excluding hydrogens is 278 g/mol. The van der Waals surface area contributed by atoms with Crippen molar-refractivity contribution in [1.82, 2.24) is 0 Å². The van der Waals surface area contributed by atoms with E-state index in [1.165, 1.54) is 0 Å². The Morgan fingerprint density at radius 3 is 2.67 bits per heavy atom. The normalized spacial score (nSPS) is 13.9. The molecular formula is C10H14BrNO2S. The largest absolute Gasteiger partial charge is 0.481 e. The molecule has 1 rings (SSSR count). The minimum atomic E-state index is -0.812. The quantitative estimate of drug-likeness (QED) is 0.896. The molecule has 0 fully saturated rings. The molecule has 1 aromatic heterocycles. The second kappa shape index (κ2) is 4.63. The van der Waals surface area contributed by atoms with Gasteiger partial charge < -0.3 is 10.8 Å². The Morgan fingerprint density at radius 1 is 1.67 bits per heavy atom. The average molecular weight is 292 g/mol. The molecule has 5 heteroatoms. The van der Waals surface area contributed by atoms with E-state index in [-0.39, 0.29) is 6.04 Å². The molecule has 1 heterocycles. The van der Waals surface area contributed by atoms with Gasteiger partial charge in [0.15, 0.2) is 0 Å². The molecule has 1 aromatic rings. The number of aliphatic carboxylic acids is 1. The summed E-state index contributed by atoms with van der Waals surface area (Å²) in [5.41, 5.74) is 5.18. The molecule has 0 saturated carbocycles. The third-order valence-corrected chi connectivity index (χ3v) is 4.02. The summed E-state index contributed by atoms with van der Waals surface area (Å²) in [6.45, 7) is 3.38. The maximum absolute atomic E-state index is 10.9. The van der Waals surface area contributed by atoms with E-state index in [0.717, 1.165) is 8.66 Å². The zero-order chi connectivity index (χ0) is 11.6. The van der Waals surface area contributed by atoms with E-state index in [1.54, 1.807) is 25.2 Å². The molecule has 0 aliphatic carbocycles. The summed E-state index contributed by atoms with van der Waals surface area (Å²) in [4.78, 5) is 11.9. The van der Waals surface area contributed by atoms with Gasteiger partial charge in [0, 0.05) is 10.9 Å². The van der Waals surface area contributed by atoms with Crippen molar-refractivity contribution in [2.75, 3.05) is 0 Å². The summed E-state index contributed by atoms with van der Waals surface area (Å²) < 4.78 is 1.01. The minimum Gasteiger partial charge on any atom is -0.481 e. The van der Waals surface area contributed by atoms with Crippen LogP contribution in [-0.2, 0) is 4.79 Å². The number of carboxylic acid groups (broad SMARTS) is 1. The number of hydrogen-bond acceptors (Lipinski definition) is 3. The van der Waals surface area contributed by atoms with Crippen molar-refractivity contribution in [2.45, 2.75) is 26.3 Å². The second-order valence-corrected chi connectivity index (χ2v) is 6.64. The highest BCUT2D eigenvalue weighted by atomic mass is 79.9. The molecule has 0 amide bonds. The van der Waals surface area contributed by atoms with E-state index < -0.39 is 11.4 Å². The van der Waals surface area contributed by atoms with Crippen molar-refractivity contribution in [3.05, 3.63) is 20.8 Å². The maximum atomic E-state index is 10.9. The first-order valence-corrected chi connectivity index (χ1v) is 6.18. The standard InChI is InChI=1S/C10H14BrNO2S/c1-10(2,9(13)14)5-6(12)7-3-4-8(11)15-7/h3-4,6H,5,12H2,1-2H3,(H,13,14). The van der Waals surface area contributed by atoms with Crippen molar-refractivity contribution < 1.29 is 9.90 Å². The predicted molar refractivity (Wildman–Crippen MR) is 65.0 cm³/mol. The molecule has 0 bridgehead atoms. The summed E-state index contributed by atoms with van der Waals surface area (Å²) in [6, 6.07) is 3.64. The Morgan fingerprint density at radius 2 is 2.27 bits per heavy atom. The van der Waals surface area contributed by atoms with Crippen LogP contribution in [0.1, 0.15) is 31.2 Å². The van der Waals surface area contributed by atoms with Crippen LogP contribution in [0.2, 0.25) is 0 Å². The van der Waals surface area contributed by atoms with Crippen LogP contribution >= 0.6 is 27.3 Å². The SMILES string of the molecule is CC(C)(CC(N)c1ccc(Br)s1)C(=O)O. The third kappa shape index (κ3) is 3.29. The van der Waals surface area contributed by atoms with Gasteiger partial charge in [-0.25, -0.2) is 0 Å². The second-order valence-electron chi connectivity index (χ2n) is 4.14. The molecule has 0 spiro atoms. The van der Waals surface area contributed by atoms with E-state index in [0.29, 0.717) is 6.42 Å². The molecule has 15 heavy (non-hydrogen) atoms. The van der Waals surface area contributed by atoms with Gasteiger partial charge in [-0.15, -0.1) is 11.3 Å². The van der Waals surface area contributed by atoms with Crippen molar-refractivity contribution in [1.29, 1.82) is 0 Å². The summed E-state index contributed by atoms with van der Waals surface area (Å²) >= 11 is 4.90. The van der Waals surface area contributed by atoms with Crippen LogP contribution in [0.5, 0.6) is 0 Å². The number of carbonyl (C=O) groups is 1. The summed E-state index contributed by atoms with van der Waals surface area (Å²) in [5.74, 6) is -0.812. The van der Waals surface area contributed by atoms with Crippen molar-refractivity contribution in [3.8, 4) is 0 Å². The Kier molecular flexibility index (Phi) is 3.92. The van der Waals surface area contributed by atoms with Gasteiger partial charge in [-0.05, 0) is 48.3 Å². The third-order valence-electron chi connectivity index (χ3n) is 2.27. The number of halogens is 1. The molecule has 0 aromatic carbocycles. The molecule has 0 aliphatic rings. The van der Waals surface area contributed by atoms with Gasteiger partial charge in [0.25, 0.3) is 0 Å². The maximum Gasteiger partial charge on any atom is 0.309 e. The zero-order valence-corrected chi connectivity index (χ0v) is 11.1. The molecule has 0 radical (unpaired) electrons. The number of thiophene rings is 1. The highest BCUT2D eigenvalue weighted by Gasteiger charge is 2.30. The first kappa shape index (κ1) is 12.7. The highest BCUT2D eigenvalue weighted by molar-refractivity contribution is 9.11. The Hall–Kier alpha value is -0.390. The fourth-order valence-corrected chi connectivity index (χ4v) is 2.69. The van der Waals surface area contributed by atoms with E-state index in [4.69, 9.17) is 10.8 Å². The van der Waals surface area contributed by atoms with Gasteiger partial charge in [0.05, 0.1) is 9.20 Å². The first-order valence-electron chi connectivity index (χ1n) is 4.57. The number of hydrogen-bond donors (Lipinski definition) is 2. The lowest BCUT2D eigenvalue weighted by Gasteiger charge is -2.22. The van der Waals surface area contributed by atoms with Crippen LogP contribution in [0.15, 0.2) is 15.9 Å². The fraction of sp³-hybridized carbons (Fsp3) is 0.500. The van der Waals surface area contributed by atoms with Crippen LogP contribution < -0.4 is 5.73 Å². The van der Waals surface area contributed by atoms with Crippen molar-refractivity contribution >= 4 is 33.2 Å². The molecule has 3 N–H and O–H groups in total. The van der Waals surface area contributed by atoms with E-state index in [1.807, 2.05) is 12.1 Å². The Balaban J connectivity index is 2.71. The lowest BCUT2D eigenvalue weighted by atomic mass is 9.86. The monoisotopic (exact) mass is 291 g/mol. The van der Waals surface area contributed by atoms with Gasteiger partial charge >= 0.3 is 5.97 Å². The molecule has 3 nitrogen and oxygen atoms in total. The van der Waals surface area contributed by atoms with E-state index in [9.17, 15) is 4.79 Å². The fourth-order valence-electron chi connectivity index (χ4n) is 1.27. The highest BCUT2D eigenvalue weighted by Crippen LogP contribution is 2.33. The predicted octanol–water partition coefficient (Wildman–Crippen LogP) is 3.01. The topological polar surface area (TPSA) is 63.3 Å². The number of rotatable bonds is 4. The number of carboxylic acids is 1. The van der Waals surface area contributed by atoms with Crippen LogP contribution in [0.3, 0.4) is 0 Å². The average Bonchev–Trinajstić information content (AvgIpc) is 2.50. The van der Waals surface area contributed by atoms with Crippen molar-refractivity contribution in [3.63, 3.8) is 0 Å². The van der Waals surface area contributed by atoms with Crippen LogP contribution in [0, 0.1) is 5.41 Å². The van der Waals surface area contributed by atoms with Gasteiger partial charge in [-0.2, -0.15) is 0 Å². The zero-order valence-electron chi connectivity index (χ0n) is 8.66. The summed E-state index contributed by atoms with van der Waals surface area (Å²) in [5, 5.41) is 8.98. The van der Waals surface area contributed by atoms with Crippen LogP contribution in [0.4, 0.5) is 0 Å². The molecule has 0 saturated heterocycles. The number of nitrogens with two attached hydrogens (primary N) is 1. The minimum absolute atomic E-state index is 0.215. The van der Waals surface area contributed by atoms with Crippen LogP contribution in [0.25, 0.3) is 0 Å². The van der Waals surface area contributed by atoms with Gasteiger partial charge in [-0.1, -0.05) is 0 Å². The van der Waals surface area contributed by atoms with Gasteiger partial charge in [-0.3, -0.25) is 4.79 Å². The molecule has 0 aliphatic heterocycles. The summed E-state index contributed by atoms with van der Waals surface area (Å²) in [6.07, 6.45) is 0.440. The lowest BCUT2D eigenvalue weighted by Crippen LogP contribution is -2.28. The smallest absolute Gasteiger partial charge is 0.309 e. The van der Waals surface area contributed by atoms with Crippen LogP contribution in [-0.4, -0.2) is 11.1 Å². The Labute approximate surface area is 101 Å². The Bertz CT molecular complexity index is 362. The summed E-state index contributed by atoms with van der Waals surface area (Å²) in [7, 11) is 0. The van der Waals surface area contributed by atoms with Gasteiger partial charge in [0.2, 0.25) is 0 Å². The van der Waals surface area contributed by atoms with E-state index >= 15 is 0 Å². The van der Waals surface area contributed by atoms with E-state index in [2.05, 4.69) is 15.9 Å².